The van der Waals surface area contributed by atoms with Crippen molar-refractivity contribution in [1.29, 1.82) is 0 Å². The number of carbonyl (C=O) groups excluding carboxylic acids is 1. The van der Waals surface area contributed by atoms with Crippen LogP contribution in [0, 0.1) is 11.6 Å². The predicted molar refractivity (Wildman–Crippen MR) is 86.7 cm³/mol. The Labute approximate surface area is 147 Å². The van der Waals surface area contributed by atoms with Crippen LogP contribution in [0.1, 0.15) is 10.4 Å². The summed E-state index contributed by atoms with van der Waals surface area (Å²) in [6.45, 7) is 0. The van der Waals surface area contributed by atoms with Gasteiger partial charge in [-0.25, -0.2) is 21.9 Å². The summed E-state index contributed by atoms with van der Waals surface area (Å²) in [7, 11) is -2.52. The highest BCUT2D eigenvalue weighted by Crippen LogP contribution is 2.34. The van der Waals surface area contributed by atoms with Crippen molar-refractivity contribution in [3.63, 3.8) is 0 Å². The molecular weight excluding hydrogens is 380 g/mol. The van der Waals surface area contributed by atoms with Gasteiger partial charge in [-0.05, 0) is 18.2 Å². The molecule has 0 radical (unpaired) electrons. The molecule has 134 valence electrons. The molecule has 1 N–H and O–H groups in total. The molecule has 0 saturated heterocycles. The summed E-state index contributed by atoms with van der Waals surface area (Å²) in [6, 6.07) is 5.49. The summed E-state index contributed by atoms with van der Waals surface area (Å²) in [5, 5.41) is 0.125. The monoisotopic (exact) mass is 391 g/mol. The van der Waals surface area contributed by atoms with E-state index >= 15 is 0 Å². The molecule has 1 amide bonds. The van der Waals surface area contributed by atoms with Gasteiger partial charge >= 0.3 is 0 Å². The molecule has 6 nitrogen and oxygen atoms in total. The minimum Gasteiger partial charge on any atom is -0.497 e. The molecule has 0 bridgehead atoms. The summed E-state index contributed by atoms with van der Waals surface area (Å²) in [5.41, 5.74) is -0.785. The van der Waals surface area contributed by atoms with Crippen LogP contribution in [0.25, 0.3) is 0 Å². The van der Waals surface area contributed by atoms with Gasteiger partial charge in [0, 0.05) is 12.1 Å². The van der Waals surface area contributed by atoms with Crippen molar-refractivity contribution in [3.05, 3.63) is 52.6 Å². The Morgan fingerprint density at radius 2 is 1.80 bits per heavy atom. The number of carbonyl (C=O) groups is 1. The molecule has 10 heteroatoms. The van der Waals surface area contributed by atoms with Crippen LogP contribution in [0.2, 0.25) is 5.02 Å². The summed E-state index contributed by atoms with van der Waals surface area (Å²) < 4.78 is 62.0. The number of hydrogen-bond acceptors (Lipinski definition) is 5. The quantitative estimate of drug-likeness (QED) is 0.847. The SMILES string of the molecule is COc1ccc(Cl)c(Oc2cc(F)c(C(=O)NS(C)(=O)=O)cc2F)c1. The third kappa shape index (κ3) is 4.80. The Morgan fingerprint density at radius 1 is 1.12 bits per heavy atom. The van der Waals surface area contributed by atoms with Gasteiger partial charge < -0.3 is 9.47 Å². The molecule has 0 saturated carbocycles. The molecule has 2 rings (SSSR count). The first-order valence-electron chi connectivity index (χ1n) is 6.63. The predicted octanol–water partition coefficient (Wildman–Crippen LogP) is 3.11. The lowest BCUT2D eigenvalue weighted by molar-refractivity contribution is 0.0977. The second kappa shape index (κ2) is 7.24. The van der Waals surface area contributed by atoms with E-state index in [9.17, 15) is 22.0 Å². The molecule has 0 fully saturated rings. The van der Waals surface area contributed by atoms with Crippen LogP contribution in [0.4, 0.5) is 8.78 Å². The minimum absolute atomic E-state index is 0.00709. The summed E-state index contributed by atoms with van der Waals surface area (Å²) >= 11 is 5.92. The van der Waals surface area contributed by atoms with Gasteiger partial charge in [0.15, 0.2) is 11.6 Å². The molecule has 0 aromatic heterocycles. The van der Waals surface area contributed by atoms with Crippen molar-refractivity contribution in [3.8, 4) is 17.2 Å². The lowest BCUT2D eigenvalue weighted by Gasteiger charge is -2.11. The Balaban J connectivity index is 2.36. The molecular formula is C15H12ClF2NO5S. The van der Waals surface area contributed by atoms with Crippen molar-refractivity contribution < 1.29 is 31.5 Å². The van der Waals surface area contributed by atoms with Crippen LogP contribution in [-0.4, -0.2) is 27.7 Å². The first-order chi connectivity index (χ1) is 11.6. The summed E-state index contributed by atoms with van der Waals surface area (Å²) in [5.74, 6) is -3.71. The first kappa shape index (κ1) is 18.9. The van der Waals surface area contributed by atoms with E-state index in [0.29, 0.717) is 24.1 Å². The molecule has 0 atom stereocenters. The highest BCUT2D eigenvalue weighted by molar-refractivity contribution is 7.89. The Kier molecular flexibility index (Phi) is 5.48. The number of methoxy groups -OCH3 is 1. The number of nitrogens with one attached hydrogen (secondary N) is 1. The Morgan fingerprint density at radius 3 is 2.40 bits per heavy atom. The zero-order chi connectivity index (χ0) is 18.8. The maximum absolute atomic E-state index is 14.1. The van der Waals surface area contributed by atoms with Crippen LogP contribution in [0.15, 0.2) is 30.3 Å². The highest BCUT2D eigenvalue weighted by Gasteiger charge is 2.20. The van der Waals surface area contributed by atoms with E-state index in [2.05, 4.69) is 0 Å². The maximum atomic E-state index is 14.1. The molecule has 0 aliphatic carbocycles. The van der Waals surface area contributed by atoms with Crippen molar-refractivity contribution in [2.24, 2.45) is 0 Å². The molecule has 2 aromatic carbocycles. The van der Waals surface area contributed by atoms with E-state index in [-0.39, 0.29) is 10.8 Å². The summed E-state index contributed by atoms with van der Waals surface area (Å²) in [4.78, 5) is 11.7. The number of benzene rings is 2. The van der Waals surface area contributed by atoms with Gasteiger partial charge in [-0.3, -0.25) is 4.79 Å². The fourth-order valence-electron chi connectivity index (χ4n) is 1.81. The number of sulfonamides is 1. The van der Waals surface area contributed by atoms with E-state index in [1.807, 2.05) is 0 Å². The van der Waals surface area contributed by atoms with Crippen LogP contribution in [0.5, 0.6) is 17.2 Å². The van der Waals surface area contributed by atoms with Gasteiger partial charge in [-0.15, -0.1) is 0 Å². The number of hydrogen-bond donors (Lipinski definition) is 1. The van der Waals surface area contributed by atoms with E-state index < -0.39 is 38.9 Å². The van der Waals surface area contributed by atoms with E-state index in [1.54, 1.807) is 10.8 Å². The normalized spacial score (nSPS) is 11.1. The van der Waals surface area contributed by atoms with Crippen LogP contribution in [0.3, 0.4) is 0 Å². The van der Waals surface area contributed by atoms with Gasteiger partial charge in [0.2, 0.25) is 10.0 Å². The standard InChI is InChI=1S/C15H12ClF2NO5S/c1-23-8-3-4-10(16)13(5-8)24-14-7-11(17)9(6-12(14)18)15(20)19-25(2,21)22/h3-7H,1-2H3,(H,19,20). The number of amides is 1. The molecule has 25 heavy (non-hydrogen) atoms. The Bertz CT molecular complexity index is 934. The van der Waals surface area contributed by atoms with Crippen molar-refractivity contribution in [2.75, 3.05) is 13.4 Å². The lowest BCUT2D eigenvalue weighted by atomic mass is 10.2. The molecule has 0 spiro atoms. The fourth-order valence-corrected chi connectivity index (χ4v) is 2.41. The second-order valence-electron chi connectivity index (χ2n) is 4.86. The van der Waals surface area contributed by atoms with E-state index in [0.717, 1.165) is 0 Å². The molecule has 0 heterocycles. The summed E-state index contributed by atoms with van der Waals surface area (Å²) in [6.07, 6.45) is 0.710. The molecule has 0 unspecified atom stereocenters. The Hall–Kier alpha value is -2.39. The third-order valence-electron chi connectivity index (χ3n) is 2.90. The fraction of sp³-hybridized carbons (Fsp3) is 0.133. The number of halogens is 3. The lowest BCUT2D eigenvalue weighted by Crippen LogP contribution is -2.30. The zero-order valence-electron chi connectivity index (χ0n) is 13.0. The van der Waals surface area contributed by atoms with Gasteiger partial charge in [0.05, 0.1) is 24.0 Å². The van der Waals surface area contributed by atoms with Gasteiger partial charge in [0.25, 0.3) is 5.91 Å². The molecule has 2 aromatic rings. The zero-order valence-corrected chi connectivity index (χ0v) is 14.5. The van der Waals surface area contributed by atoms with Crippen LogP contribution < -0.4 is 14.2 Å². The van der Waals surface area contributed by atoms with E-state index in [1.165, 1.54) is 19.2 Å². The van der Waals surface area contributed by atoms with Gasteiger partial charge in [0.1, 0.15) is 17.3 Å². The van der Waals surface area contributed by atoms with Gasteiger partial charge in [-0.2, -0.15) is 0 Å². The van der Waals surface area contributed by atoms with Crippen molar-refractivity contribution >= 4 is 27.5 Å². The average molecular weight is 392 g/mol. The van der Waals surface area contributed by atoms with Crippen molar-refractivity contribution in [1.82, 2.24) is 4.72 Å². The number of rotatable bonds is 5. The second-order valence-corrected chi connectivity index (χ2v) is 7.02. The van der Waals surface area contributed by atoms with Crippen molar-refractivity contribution in [2.45, 2.75) is 0 Å². The van der Waals surface area contributed by atoms with Crippen LogP contribution >= 0.6 is 11.6 Å². The molecule has 0 aliphatic rings. The topological polar surface area (TPSA) is 81.7 Å². The average Bonchev–Trinajstić information content (AvgIpc) is 2.50. The largest absolute Gasteiger partial charge is 0.497 e. The smallest absolute Gasteiger partial charge is 0.267 e. The first-order valence-corrected chi connectivity index (χ1v) is 8.90. The van der Waals surface area contributed by atoms with E-state index in [4.69, 9.17) is 21.1 Å². The molecule has 0 aliphatic heterocycles. The highest BCUT2D eigenvalue weighted by atomic mass is 35.5. The third-order valence-corrected chi connectivity index (χ3v) is 3.77. The van der Waals surface area contributed by atoms with Crippen LogP contribution in [-0.2, 0) is 10.0 Å². The van der Waals surface area contributed by atoms with Gasteiger partial charge in [-0.1, -0.05) is 11.6 Å². The minimum atomic E-state index is -3.92. The number of ether oxygens (including phenoxy) is 2. The maximum Gasteiger partial charge on any atom is 0.267 e.